The van der Waals surface area contributed by atoms with E-state index in [2.05, 4.69) is 10.3 Å². The van der Waals surface area contributed by atoms with E-state index in [-0.39, 0.29) is 18.1 Å². The van der Waals surface area contributed by atoms with E-state index in [9.17, 15) is 23.5 Å². The Morgan fingerprint density at radius 1 is 1.00 bits per heavy atom. The van der Waals surface area contributed by atoms with Crippen molar-refractivity contribution in [1.82, 2.24) is 14.9 Å². The van der Waals surface area contributed by atoms with Crippen molar-refractivity contribution in [2.24, 2.45) is 0 Å². The van der Waals surface area contributed by atoms with Gasteiger partial charge in [-0.15, -0.1) is 0 Å². The fourth-order valence-electron chi connectivity index (χ4n) is 4.56. The Balaban J connectivity index is 1.66. The number of halogens is 2. The SMILES string of the molecule is CSCC[C@H](NC(=O)c1cc(C(OCCn2ccnc2)c2ccc(F)cc2)ccc1CCc1ccc(F)cc1)C(=O)O. The molecule has 0 bridgehead atoms. The van der Waals surface area contributed by atoms with E-state index in [0.29, 0.717) is 54.0 Å². The summed E-state index contributed by atoms with van der Waals surface area (Å²) in [5, 5.41) is 12.4. The molecule has 0 saturated heterocycles. The van der Waals surface area contributed by atoms with E-state index in [1.807, 2.05) is 29.2 Å². The Hall–Kier alpha value is -4.02. The molecule has 7 nitrogen and oxygen atoms in total. The molecular formula is C32H33F2N3O4S. The van der Waals surface area contributed by atoms with E-state index in [0.717, 1.165) is 5.56 Å². The first-order valence-electron chi connectivity index (χ1n) is 13.6. The van der Waals surface area contributed by atoms with Gasteiger partial charge in [0.2, 0.25) is 0 Å². The summed E-state index contributed by atoms with van der Waals surface area (Å²) in [5.41, 5.74) is 3.32. The standard InChI is InChI=1S/C32H33F2N3O4S/c1-42-19-14-29(32(39)40)36-31(38)28-20-25(7-6-23(28)5-2-22-3-10-26(33)11-4-22)30(24-8-12-27(34)13-9-24)41-18-17-37-16-15-35-21-37/h3-4,6-13,15-16,20-21,29-30H,2,5,14,17-19H2,1H3,(H,36,38)(H,39,40)/t29-,30?/m0/s1. The molecule has 0 aliphatic rings. The minimum Gasteiger partial charge on any atom is -0.480 e. The van der Waals surface area contributed by atoms with Crippen molar-refractivity contribution < 1.29 is 28.2 Å². The van der Waals surface area contributed by atoms with E-state index >= 15 is 0 Å². The quantitative estimate of drug-likeness (QED) is 0.184. The van der Waals surface area contributed by atoms with E-state index in [4.69, 9.17) is 4.74 Å². The summed E-state index contributed by atoms with van der Waals surface area (Å²) in [7, 11) is 0. The molecule has 1 unspecified atom stereocenters. The summed E-state index contributed by atoms with van der Waals surface area (Å²) in [6.07, 6.45) is 7.75. The minimum absolute atomic E-state index is 0.280. The number of carbonyl (C=O) groups excluding carboxylic acids is 1. The maximum absolute atomic E-state index is 13.8. The molecule has 4 rings (SSSR count). The Bertz CT molecular complexity index is 1450. The Labute approximate surface area is 247 Å². The van der Waals surface area contributed by atoms with Gasteiger partial charge in [0.15, 0.2) is 0 Å². The van der Waals surface area contributed by atoms with Crippen LogP contribution in [-0.2, 0) is 28.9 Å². The molecule has 1 aromatic heterocycles. The fraction of sp³-hybridized carbons (Fsp3) is 0.281. The lowest BCUT2D eigenvalue weighted by Crippen LogP contribution is -2.41. The second-order valence-corrected chi connectivity index (χ2v) is 10.8. The molecule has 220 valence electrons. The number of ether oxygens (including phenoxy) is 1. The number of benzene rings is 3. The summed E-state index contributed by atoms with van der Waals surface area (Å²) in [6, 6.07) is 16.6. The second-order valence-electron chi connectivity index (χ2n) is 9.79. The second kappa shape index (κ2) is 15.3. The highest BCUT2D eigenvalue weighted by atomic mass is 32.2. The number of carbonyl (C=O) groups is 2. The van der Waals surface area contributed by atoms with Gasteiger partial charge in [-0.25, -0.2) is 18.6 Å². The molecular weight excluding hydrogens is 560 g/mol. The smallest absolute Gasteiger partial charge is 0.326 e. The predicted molar refractivity (Wildman–Crippen MR) is 159 cm³/mol. The molecule has 0 fully saturated rings. The first kappa shape index (κ1) is 30.9. The predicted octanol–water partition coefficient (Wildman–Crippen LogP) is 5.69. The van der Waals surface area contributed by atoms with Crippen LogP contribution in [0, 0.1) is 11.6 Å². The number of rotatable bonds is 15. The molecule has 2 N–H and O–H groups in total. The molecule has 1 heterocycles. The number of aliphatic carboxylic acids is 1. The molecule has 3 aromatic carbocycles. The van der Waals surface area contributed by atoms with Crippen molar-refractivity contribution in [3.05, 3.63) is 125 Å². The molecule has 4 aromatic rings. The fourth-order valence-corrected chi connectivity index (χ4v) is 5.03. The van der Waals surface area contributed by atoms with Crippen molar-refractivity contribution in [3.63, 3.8) is 0 Å². The van der Waals surface area contributed by atoms with Crippen molar-refractivity contribution in [3.8, 4) is 0 Å². The number of aromatic nitrogens is 2. The van der Waals surface area contributed by atoms with Gasteiger partial charge in [0.05, 0.1) is 12.9 Å². The monoisotopic (exact) mass is 593 g/mol. The largest absolute Gasteiger partial charge is 0.480 e. The molecule has 2 atom stereocenters. The molecule has 0 spiro atoms. The van der Waals surface area contributed by atoms with Gasteiger partial charge in [-0.2, -0.15) is 11.8 Å². The summed E-state index contributed by atoms with van der Waals surface area (Å²) in [6.45, 7) is 0.860. The molecule has 0 aliphatic carbocycles. The number of thioether (sulfide) groups is 1. The van der Waals surface area contributed by atoms with E-state index in [1.54, 1.807) is 42.9 Å². The third kappa shape index (κ3) is 8.74. The summed E-state index contributed by atoms with van der Waals surface area (Å²) >= 11 is 1.50. The van der Waals surface area contributed by atoms with Gasteiger partial charge in [-0.3, -0.25) is 4.79 Å². The van der Waals surface area contributed by atoms with Crippen LogP contribution in [0.1, 0.15) is 45.1 Å². The summed E-state index contributed by atoms with van der Waals surface area (Å²) in [5.74, 6) is -1.74. The van der Waals surface area contributed by atoms with Gasteiger partial charge >= 0.3 is 5.97 Å². The number of aryl methyl sites for hydroxylation is 2. The lowest BCUT2D eigenvalue weighted by molar-refractivity contribution is -0.139. The highest BCUT2D eigenvalue weighted by Crippen LogP contribution is 2.29. The van der Waals surface area contributed by atoms with Crippen molar-refractivity contribution in [1.29, 1.82) is 0 Å². The van der Waals surface area contributed by atoms with Crippen LogP contribution >= 0.6 is 11.8 Å². The molecule has 0 aliphatic heterocycles. The van der Waals surface area contributed by atoms with Gasteiger partial charge < -0.3 is 19.7 Å². The molecule has 42 heavy (non-hydrogen) atoms. The highest BCUT2D eigenvalue weighted by molar-refractivity contribution is 7.98. The van der Waals surface area contributed by atoms with Crippen LogP contribution in [0.3, 0.4) is 0 Å². The molecule has 1 amide bonds. The minimum atomic E-state index is -1.10. The number of hydrogen-bond acceptors (Lipinski definition) is 5. The van der Waals surface area contributed by atoms with Crippen LogP contribution in [-0.4, -0.2) is 51.2 Å². The lowest BCUT2D eigenvalue weighted by atomic mass is 9.93. The number of nitrogens with one attached hydrogen (secondary N) is 1. The zero-order valence-corrected chi connectivity index (χ0v) is 24.0. The number of nitrogens with zero attached hydrogens (tertiary/aromatic N) is 2. The number of imidazole rings is 1. The summed E-state index contributed by atoms with van der Waals surface area (Å²) in [4.78, 5) is 29.5. The van der Waals surface area contributed by atoms with Gasteiger partial charge in [0.1, 0.15) is 23.8 Å². The number of carboxylic acid groups (broad SMARTS) is 1. The van der Waals surface area contributed by atoms with Gasteiger partial charge in [-0.1, -0.05) is 36.4 Å². The van der Waals surface area contributed by atoms with Gasteiger partial charge in [0, 0.05) is 24.5 Å². The van der Waals surface area contributed by atoms with E-state index in [1.165, 1.54) is 36.0 Å². The van der Waals surface area contributed by atoms with Crippen LogP contribution in [0.15, 0.2) is 85.5 Å². The zero-order valence-electron chi connectivity index (χ0n) is 23.2. The van der Waals surface area contributed by atoms with Gasteiger partial charge in [-0.05, 0) is 83.9 Å². The van der Waals surface area contributed by atoms with Crippen molar-refractivity contribution in [2.45, 2.75) is 38.0 Å². The number of hydrogen-bond donors (Lipinski definition) is 2. The van der Waals surface area contributed by atoms with E-state index < -0.39 is 24.0 Å². The zero-order chi connectivity index (χ0) is 29.9. The average Bonchev–Trinajstić information content (AvgIpc) is 3.51. The number of amides is 1. The molecule has 0 radical (unpaired) electrons. The lowest BCUT2D eigenvalue weighted by Gasteiger charge is -2.22. The topological polar surface area (TPSA) is 93.5 Å². The van der Waals surface area contributed by atoms with Crippen LogP contribution in [0.5, 0.6) is 0 Å². The number of carboxylic acids is 1. The summed E-state index contributed by atoms with van der Waals surface area (Å²) < 4.78 is 35.3. The Morgan fingerprint density at radius 3 is 2.33 bits per heavy atom. The normalized spacial score (nSPS) is 12.5. The third-order valence-electron chi connectivity index (χ3n) is 6.86. The molecule has 0 saturated carbocycles. The highest BCUT2D eigenvalue weighted by Gasteiger charge is 2.24. The Kier molecular flexibility index (Phi) is 11.2. The van der Waals surface area contributed by atoms with Crippen LogP contribution < -0.4 is 5.32 Å². The van der Waals surface area contributed by atoms with Gasteiger partial charge in [0.25, 0.3) is 5.91 Å². The maximum atomic E-state index is 13.8. The maximum Gasteiger partial charge on any atom is 0.326 e. The van der Waals surface area contributed by atoms with Crippen molar-refractivity contribution >= 4 is 23.6 Å². The first-order chi connectivity index (χ1) is 20.3. The average molecular weight is 594 g/mol. The van der Waals surface area contributed by atoms with Crippen LogP contribution in [0.2, 0.25) is 0 Å². The first-order valence-corrected chi connectivity index (χ1v) is 15.0. The third-order valence-corrected chi connectivity index (χ3v) is 7.50. The van der Waals surface area contributed by atoms with Crippen LogP contribution in [0.4, 0.5) is 8.78 Å². The molecule has 10 heteroatoms. The van der Waals surface area contributed by atoms with Crippen molar-refractivity contribution in [2.75, 3.05) is 18.6 Å². The van der Waals surface area contributed by atoms with Crippen LogP contribution in [0.25, 0.3) is 0 Å². The Morgan fingerprint density at radius 2 is 1.69 bits per heavy atom.